The van der Waals surface area contributed by atoms with Gasteiger partial charge in [-0.05, 0) is 48.4 Å². The highest BCUT2D eigenvalue weighted by atomic mass is 35.5. The van der Waals surface area contributed by atoms with Crippen molar-refractivity contribution in [3.63, 3.8) is 0 Å². The number of sulfone groups is 1. The Kier molecular flexibility index (Phi) is 6.99. The zero-order chi connectivity index (χ0) is 27.0. The van der Waals surface area contributed by atoms with Crippen LogP contribution in [0.25, 0.3) is 0 Å². The Morgan fingerprint density at radius 1 is 1.13 bits per heavy atom. The van der Waals surface area contributed by atoms with Crippen LogP contribution in [0.5, 0.6) is 11.5 Å². The van der Waals surface area contributed by atoms with Crippen LogP contribution in [-0.2, 0) is 22.1 Å². The topological polar surface area (TPSA) is 144 Å². The van der Waals surface area contributed by atoms with Gasteiger partial charge in [-0.15, -0.1) is 0 Å². The molecule has 0 aliphatic carbocycles. The Balaban J connectivity index is 1.41. The molecule has 0 spiro atoms. The van der Waals surface area contributed by atoms with Gasteiger partial charge in [-0.3, -0.25) is 14.7 Å². The number of aromatic nitrogens is 1. The van der Waals surface area contributed by atoms with Crippen molar-refractivity contribution in [3.8, 4) is 11.5 Å². The number of hydrogen-bond donors (Lipinski definition) is 2. The first-order valence-electron chi connectivity index (χ1n) is 12.0. The van der Waals surface area contributed by atoms with Crippen LogP contribution in [0.1, 0.15) is 27.0 Å². The Labute approximate surface area is 225 Å². The fourth-order valence-corrected chi connectivity index (χ4v) is 6.59. The number of hydrogen-bond acceptors (Lipinski definition) is 7. The van der Waals surface area contributed by atoms with E-state index >= 15 is 0 Å². The van der Waals surface area contributed by atoms with E-state index in [1.807, 2.05) is 18.3 Å². The summed E-state index contributed by atoms with van der Waals surface area (Å²) in [6.45, 7) is 5.69. The molecular formula is C26H27ClN6O4S. The van der Waals surface area contributed by atoms with Crippen molar-refractivity contribution in [1.82, 2.24) is 9.88 Å². The molecule has 0 unspecified atom stereocenters. The summed E-state index contributed by atoms with van der Waals surface area (Å²) in [6.07, 6.45) is 3.64. The van der Waals surface area contributed by atoms with Gasteiger partial charge >= 0.3 is 0 Å². The van der Waals surface area contributed by atoms with Gasteiger partial charge in [0.25, 0.3) is 5.91 Å². The predicted molar refractivity (Wildman–Crippen MR) is 145 cm³/mol. The second-order valence-electron chi connectivity index (χ2n) is 9.36. The molecule has 1 aromatic heterocycles. The van der Waals surface area contributed by atoms with Crippen LogP contribution in [0.3, 0.4) is 0 Å². The number of anilines is 1. The van der Waals surface area contributed by atoms with E-state index in [9.17, 15) is 13.2 Å². The molecule has 38 heavy (non-hydrogen) atoms. The number of ether oxygens (including phenoxy) is 1. The van der Waals surface area contributed by atoms with Crippen LogP contribution in [0, 0.1) is 6.92 Å². The quantitative estimate of drug-likeness (QED) is 0.367. The highest BCUT2D eigenvalue weighted by Crippen LogP contribution is 2.45. The average Bonchev–Trinajstić information content (AvgIpc) is 2.98. The molecule has 12 heteroatoms. The predicted octanol–water partition coefficient (Wildman–Crippen LogP) is 2.86. The third kappa shape index (κ3) is 5.31. The number of nitrogens with two attached hydrogens (primary N) is 2. The molecule has 2 aliphatic rings. The summed E-state index contributed by atoms with van der Waals surface area (Å²) in [5, 5.41) is 0.318. The standard InChI is InChI=1S/C26H27ClN6O4S/c1-16-9-18(25(34)31-26(28)29)11-22-23(16)37-24-19(15-38(22,35)36)10-20(12-21(24)27)33-7-5-32(6-8-33)14-17-3-2-4-30-13-17/h2-4,9-13H,5-8,14-15H2,1H3,(H4,28,29,31,34). The summed E-state index contributed by atoms with van der Waals surface area (Å²) < 4.78 is 33.1. The third-order valence-electron chi connectivity index (χ3n) is 6.57. The summed E-state index contributed by atoms with van der Waals surface area (Å²) in [6, 6.07) is 10.4. The molecule has 10 nitrogen and oxygen atoms in total. The molecule has 0 saturated carbocycles. The smallest absolute Gasteiger partial charge is 0.280 e. The minimum Gasteiger partial charge on any atom is -0.454 e. The van der Waals surface area contributed by atoms with Gasteiger partial charge in [0.05, 0.1) is 10.8 Å². The van der Waals surface area contributed by atoms with E-state index in [0.717, 1.165) is 44.0 Å². The van der Waals surface area contributed by atoms with Gasteiger partial charge in [-0.1, -0.05) is 17.7 Å². The van der Waals surface area contributed by atoms with Crippen molar-refractivity contribution in [2.24, 2.45) is 16.5 Å². The number of aryl methyl sites for hydroxylation is 1. The Morgan fingerprint density at radius 2 is 1.89 bits per heavy atom. The van der Waals surface area contributed by atoms with Crippen LogP contribution >= 0.6 is 11.6 Å². The maximum Gasteiger partial charge on any atom is 0.280 e. The lowest BCUT2D eigenvalue weighted by Crippen LogP contribution is -2.46. The van der Waals surface area contributed by atoms with E-state index in [2.05, 4.69) is 25.8 Å². The number of piperazine rings is 1. The molecule has 0 radical (unpaired) electrons. The summed E-state index contributed by atoms with van der Waals surface area (Å²) in [5.74, 6) is -1.06. The Hall–Kier alpha value is -3.67. The van der Waals surface area contributed by atoms with E-state index in [1.165, 1.54) is 12.1 Å². The lowest BCUT2D eigenvalue weighted by atomic mass is 10.1. The molecule has 198 valence electrons. The van der Waals surface area contributed by atoms with Crippen LogP contribution < -0.4 is 21.1 Å². The van der Waals surface area contributed by atoms with Crippen LogP contribution in [-0.4, -0.2) is 56.3 Å². The molecule has 1 amide bonds. The fourth-order valence-electron chi connectivity index (χ4n) is 4.75. The maximum atomic E-state index is 13.5. The molecule has 3 heterocycles. The van der Waals surface area contributed by atoms with Gasteiger partial charge in [0, 0.05) is 61.9 Å². The SMILES string of the molecule is Cc1cc(C(=O)N=C(N)N)cc2c1Oc1c(Cl)cc(N3CCN(Cc4cccnc4)CC3)cc1CS2(=O)=O. The first kappa shape index (κ1) is 26.0. The third-order valence-corrected chi connectivity index (χ3v) is 8.52. The molecule has 5 rings (SSSR count). The minimum atomic E-state index is -3.89. The molecule has 2 aromatic carbocycles. The molecule has 1 saturated heterocycles. The average molecular weight is 555 g/mol. The van der Waals surface area contributed by atoms with E-state index in [0.29, 0.717) is 21.9 Å². The normalized spacial score (nSPS) is 16.5. The van der Waals surface area contributed by atoms with Gasteiger partial charge in [0.15, 0.2) is 15.8 Å². The lowest BCUT2D eigenvalue weighted by Gasteiger charge is -2.36. The minimum absolute atomic E-state index is 0.0451. The second kappa shape index (κ2) is 10.2. The molecule has 0 atom stereocenters. The number of fused-ring (bicyclic) bond motifs is 2. The van der Waals surface area contributed by atoms with Crippen molar-refractivity contribution in [2.45, 2.75) is 24.1 Å². The molecule has 3 aromatic rings. The van der Waals surface area contributed by atoms with Crippen molar-refractivity contribution >= 4 is 39.0 Å². The molecular weight excluding hydrogens is 528 g/mol. The highest BCUT2D eigenvalue weighted by molar-refractivity contribution is 7.90. The summed E-state index contributed by atoms with van der Waals surface area (Å²) in [7, 11) is -3.89. The number of amides is 1. The van der Waals surface area contributed by atoms with Gasteiger partial charge in [-0.25, -0.2) is 8.42 Å². The summed E-state index contributed by atoms with van der Waals surface area (Å²) in [4.78, 5) is 24.5. The number of pyridine rings is 1. The number of guanidine groups is 1. The largest absolute Gasteiger partial charge is 0.454 e. The monoisotopic (exact) mass is 554 g/mol. The highest BCUT2D eigenvalue weighted by Gasteiger charge is 2.32. The van der Waals surface area contributed by atoms with Crippen molar-refractivity contribution in [2.75, 3.05) is 31.1 Å². The Bertz CT molecular complexity index is 1530. The molecule has 2 aliphatic heterocycles. The van der Waals surface area contributed by atoms with Gasteiger partial charge < -0.3 is 21.1 Å². The van der Waals surface area contributed by atoms with Crippen LogP contribution in [0.4, 0.5) is 5.69 Å². The first-order chi connectivity index (χ1) is 18.1. The number of halogens is 1. The lowest BCUT2D eigenvalue weighted by molar-refractivity contribution is 0.100. The summed E-state index contributed by atoms with van der Waals surface area (Å²) >= 11 is 6.66. The van der Waals surface area contributed by atoms with Crippen molar-refractivity contribution in [1.29, 1.82) is 0 Å². The van der Waals surface area contributed by atoms with Gasteiger partial charge in [0.2, 0.25) is 0 Å². The summed E-state index contributed by atoms with van der Waals surface area (Å²) in [5.41, 5.74) is 13.6. The number of benzene rings is 2. The van der Waals surface area contributed by atoms with Crippen molar-refractivity contribution in [3.05, 3.63) is 76.1 Å². The fraction of sp³-hybridized carbons (Fsp3) is 0.269. The van der Waals surface area contributed by atoms with E-state index < -0.39 is 21.7 Å². The van der Waals surface area contributed by atoms with Gasteiger partial charge in [-0.2, -0.15) is 4.99 Å². The number of carbonyl (C=O) groups is 1. The van der Waals surface area contributed by atoms with Gasteiger partial charge in [0.1, 0.15) is 16.4 Å². The zero-order valence-electron chi connectivity index (χ0n) is 20.7. The number of nitrogens with zero attached hydrogens (tertiary/aromatic N) is 4. The molecule has 4 N–H and O–H groups in total. The first-order valence-corrected chi connectivity index (χ1v) is 14.0. The van der Waals surface area contributed by atoms with E-state index in [4.69, 9.17) is 27.8 Å². The number of rotatable bonds is 4. The molecule has 1 fully saturated rings. The van der Waals surface area contributed by atoms with Crippen LogP contribution in [0.15, 0.2) is 58.7 Å². The Morgan fingerprint density at radius 3 is 2.58 bits per heavy atom. The second-order valence-corrected chi connectivity index (χ2v) is 11.7. The zero-order valence-corrected chi connectivity index (χ0v) is 22.3. The maximum absolute atomic E-state index is 13.5. The van der Waals surface area contributed by atoms with Crippen LogP contribution in [0.2, 0.25) is 5.02 Å². The van der Waals surface area contributed by atoms with Crippen molar-refractivity contribution < 1.29 is 17.9 Å². The van der Waals surface area contributed by atoms with E-state index in [-0.39, 0.29) is 22.0 Å². The number of carbonyl (C=O) groups excluding carboxylic acids is 1. The van der Waals surface area contributed by atoms with E-state index in [1.54, 1.807) is 19.2 Å². The number of aliphatic imine (C=N–C) groups is 1. The molecule has 0 bridgehead atoms.